The average molecular weight is 231 g/mol. The maximum absolute atomic E-state index is 3.69. The Hall–Kier alpha value is -0.820. The number of hydrogen-bond donors (Lipinski definition) is 1. The molecule has 2 atom stereocenters. The number of benzene rings is 1. The molecule has 0 saturated carbocycles. The van der Waals surface area contributed by atoms with Crippen LogP contribution in [0.2, 0.25) is 0 Å². The molecule has 0 aromatic heterocycles. The van der Waals surface area contributed by atoms with E-state index in [1.165, 1.54) is 32.1 Å². The van der Waals surface area contributed by atoms with Gasteiger partial charge in [-0.1, -0.05) is 51.0 Å². The summed E-state index contributed by atoms with van der Waals surface area (Å²) in [5.74, 6) is 0.792. The van der Waals surface area contributed by atoms with Gasteiger partial charge in [-0.15, -0.1) is 0 Å². The second kappa shape index (κ2) is 6.20. The Kier molecular flexibility index (Phi) is 4.61. The predicted molar refractivity (Wildman–Crippen MR) is 74.4 cm³/mol. The van der Waals surface area contributed by atoms with Gasteiger partial charge in [-0.3, -0.25) is 0 Å². The second-order valence-electron chi connectivity index (χ2n) is 5.21. The average Bonchev–Trinajstić information content (AvgIpc) is 2.72. The lowest BCUT2D eigenvalue weighted by atomic mass is 9.96. The summed E-state index contributed by atoms with van der Waals surface area (Å²) in [5.41, 5.74) is 3.16. The molecule has 0 heterocycles. The van der Waals surface area contributed by atoms with Crippen molar-refractivity contribution in [3.63, 3.8) is 0 Å². The maximum Gasteiger partial charge on any atom is 0.0328 e. The van der Waals surface area contributed by atoms with E-state index in [4.69, 9.17) is 0 Å². The fraction of sp³-hybridized carbons (Fsp3) is 0.625. The zero-order valence-corrected chi connectivity index (χ0v) is 11.2. The molecule has 0 aliphatic heterocycles. The van der Waals surface area contributed by atoms with Gasteiger partial charge in [0.1, 0.15) is 0 Å². The monoisotopic (exact) mass is 231 g/mol. The van der Waals surface area contributed by atoms with Gasteiger partial charge in [-0.2, -0.15) is 0 Å². The highest BCUT2D eigenvalue weighted by Crippen LogP contribution is 2.42. The summed E-state index contributed by atoms with van der Waals surface area (Å²) in [7, 11) is 0. The standard InChI is InChI=1S/C16H25N/c1-3-5-8-13-12-16(17-11-4-2)15-10-7-6-9-14(13)15/h6-7,9-10,13,16-17H,3-5,8,11-12H2,1-2H3/t13-,16+/m1/s1. The Morgan fingerprint density at radius 1 is 1.12 bits per heavy atom. The quantitative estimate of drug-likeness (QED) is 0.765. The number of rotatable bonds is 6. The Balaban J connectivity index is 2.09. The van der Waals surface area contributed by atoms with Gasteiger partial charge in [-0.25, -0.2) is 0 Å². The molecule has 1 aliphatic rings. The van der Waals surface area contributed by atoms with Gasteiger partial charge in [0, 0.05) is 6.04 Å². The molecule has 1 N–H and O–H groups in total. The Labute approximate surface area is 106 Å². The van der Waals surface area contributed by atoms with E-state index in [-0.39, 0.29) is 0 Å². The first-order chi connectivity index (χ1) is 8.36. The van der Waals surface area contributed by atoms with Crippen molar-refractivity contribution < 1.29 is 0 Å². The smallest absolute Gasteiger partial charge is 0.0328 e. The fourth-order valence-electron chi connectivity index (χ4n) is 2.97. The Bertz CT molecular complexity index is 312. The van der Waals surface area contributed by atoms with E-state index in [1.54, 1.807) is 11.1 Å². The van der Waals surface area contributed by atoms with E-state index in [9.17, 15) is 0 Å². The van der Waals surface area contributed by atoms with Crippen LogP contribution in [0.1, 0.15) is 69.0 Å². The van der Waals surface area contributed by atoms with Gasteiger partial charge >= 0.3 is 0 Å². The molecule has 0 unspecified atom stereocenters. The van der Waals surface area contributed by atoms with E-state index in [0.717, 1.165) is 12.5 Å². The van der Waals surface area contributed by atoms with E-state index < -0.39 is 0 Å². The van der Waals surface area contributed by atoms with Crippen LogP contribution in [0.25, 0.3) is 0 Å². The molecule has 1 aliphatic carbocycles. The van der Waals surface area contributed by atoms with Gasteiger partial charge in [-0.05, 0) is 42.9 Å². The summed E-state index contributed by atoms with van der Waals surface area (Å²) in [4.78, 5) is 0. The molecule has 1 aromatic carbocycles. The van der Waals surface area contributed by atoms with Gasteiger partial charge in [0.2, 0.25) is 0 Å². The van der Waals surface area contributed by atoms with Crippen LogP contribution in [-0.2, 0) is 0 Å². The molecular formula is C16H25N. The molecule has 0 radical (unpaired) electrons. The topological polar surface area (TPSA) is 12.0 Å². The lowest BCUT2D eigenvalue weighted by Gasteiger charge is -2.13. The molecule has 1 nitrogen and oxygen atoms in total. The summed E-state index contributed by atoms with van der Waals surface area (Å²) < 4.78 is 0. The van der Waals surface area contributed by atoms with Crippen LogP contribution in [0.15, 0.2) is 24.3 Å². The Morgan fingerprint density at radius 3 is 2.59 bits per heavy atom. The second-order valence-corrected chi connectivity index (χ2v) is 5.21. The minimum atomic E-state index is 0.605. The molecule has 0 amide bonds. The maximum atomic E-state index is 3.69. The van der Waals surface area contributed by atoms with Crippen LogP contribution in [-0.4, -0.2) is 6.54 Å². The summed E-state index contributed by atoms with van der Waals surface area (Å²) >= 11 is 0. The van der Waals surface area contributed by atoms with Crippen molar-refractivity contribution in [1.29, 1.82) is 0 Å². The molecule has 0 spiro atoms. The van der Waals surface area contributed by atoms with Crippen LogP contribution < -0.4 is 5.32 Å². The Morgan fingerprint density at radius 2 is 1.88 bits per heavy atom. The number of nitrogens with one attached hydrogen (secondary N) is 1. The van der Waals surface area contributed by atoms with E-state index >= 15 is 0 Å². The molecule has 0 saturated heterocycles. The van der Waals surface area contributed by atoms with Crippen molar-refractivity contribution in [3.05, 3.63) is 35.4 Å². The van der Waals surface area contributed by atoms with Crippen molar-refractivity contribution in [1.82, 2.24) is 5.32 Å². The van der Waals surface area contributed by atoms with Crippen LogP contribution in [0, 0.1) is 0 Å². The minimum Gasteiger partial charge on any atom is -0.310 e. The highest BCUT2D eigenvalue weighted by atomic mass is 14.9. The highest BCUT2D eigenvalue weighted by molar-refractivity contribution is 5.37. The predicted octanol–water partition coefficient (Wildman–Crippen LogP) is 4.40. The molecule has 2 rings (SSSR count). The number of fused-ring (bicyclic) bond motifs is 1. The van der Waals surface area contributed by atoms with Crippen LogP contribution in [0.3, 0.4) is 0 Å². The van der Waals surface area contributed by atoms with Crippen LogP contribution >= 0.6 is 0 Å². The molecular weight excluding hydrogens is 206 g/mol. The van der Waals surface area contributed by atoms with Crippen molar-refractivity contribution in [3.8, 4) is 0 Å². The fourth-order valence-corrected chi connectivity index (χ4v) is 2.97. The van der Waals surface area contributed by atoms with Crippen molar-refractivity contribution in [2.75, 3.05) is 6.54 Å². The lowest BCUT2D eigenvalue weighted by Crippen LogP contribution is -2.19. The third kappa shape index (κ3) is 2.90. The van der Waals surface area contributed by atoms with Crippen molar-refractivity contribution in [2.24, 2.45) is 0 Å². The SMILES string of the molecule is CCCC[C@@H]1C[C@H](NCCC)c2ccccc21. The first-order valence-electron chi connectivity index (χ1n) is 7.19. The number of hydrogen-bond acceptors (Lipinski definition) is 1. The normalized spacial score (nSPS) is 22.7. The molecule has 17 heavy (non-hydrogen) atoms. The highest BCUT2D eigenvalue weighted by Gasteiger charge is 2.29. The van der Waals surface area contributed by atoms with E-state index in [0.29, 0.717) is 6.04 Å². The summed E-state index contributed by atoms with van der Waals surface area (Å²) in [6.07, 6.45) is 6.56. The van der Waals surface area contributed by atoms with Crippen LogP contribution in [0.4, 0.5) is 0 Å². The van der Waals surface area contributed by atoms with Crippen LogP contribution in [0.5, 0.6) is 0 Å². The summed E-state index contributed by atoms with van der Waals surface area (Å²) in [5, 5.41) is 3.69. The minimum absolute atomic E-state index is 0.605. The summed E-state index contributed by atoms with van der Waals surface area (Å²) in [6.45, 7) is 5.66. The van der Waals surface area contributed by atoms with Gasteiger partial charge in [0.05, 0.1) is 0 Å². The number of unbranched alkanes of at least 4 members (excludes halogenated alkanes) is 1. The zero-order chi connectivity index (χ0) is 12.1. The first-order valence-corrected chi connectivity index (χ1v) is 7.19. The largest absolute Gasteiger partial charge is 0.310 e. The third-order valence-corrected chi connectivity index (χ3v) is 3.88. The molecule has 1 heteroatoms. The molecule has 94 valence electrons. The van der Waals surface area contributed by atoms with Gasteiger partial charge in [0.15, 0.2) is 0 Å². The zero-order valence-electron chi connectivity index (χ0n) is 11.2. The van der Waals surface area contributed by atoms with Gasteiger partial charge < -0.3 is 5.32 Å². The van der Waals surface area contributed by atoms with E-state index in [1.807, 2.05) is 0 Å². The molecule has 0 bridgehead atoms. The van der Waals surface area contributed by atoms with E-state index in [2.05, 4.69) is 43.4 Å². The molecule has 1 aromatic rings. The van der Waals surface area contributed by atoms with Crippen molar-refractivity contribution in [2.45, 2.75) is 57.9 Å². The van der Waals surface area contributed by atoms with Crippen molar-refractivity contribution >= 4 is 0 Å². The summed E-state index contributed by atoms with van der Waals surface area (Å²) in [6, 6.07) is 9.63. The lowest BCUT2D eigenvalue weighted by molar-refractivity contribution is 0.472. The first kappa shape index (κ1) is 12.6. The van der Waals surface area contributed by atoms with Gasteiger partial charge in [0.25, 0.3) is 0 Å². The third-order valence-electron chi connectivity index (χ3n) is 3.88. The molecule has 0 fully saturated rings.